The van der Waals surface area contributed by atoms with Crippen molar-refractivity contribution < 1.29 is 4.52 Å². The molecule has 0 amide bonds. The van der Waals surface area contributed by atoms with Gasteiger partial charge >= 0.3 is 0 Å². The Kier molecular flexibility index (Phi) is 2.97. The molecule has 18 heavy (non-hydrogen) atoms. The van der Waals surface area contributed by atoms with E-state index in [1.165, 1.54) is 11.3 Å². The number of hydrogen-bond acceptors (Lipinski definition) is 5. The summed E-state index contributed by atoms with van der Waals surface area (Å²) in [7, 11) is 0. The second kappa shape index (κ2) is 4.62. The topological polar surface area (TPSA) is 58.0 Å². The van der Waals surface area contributed by atoms with E-state index in [2.05, 4.69) is 20.0 Å². The van der Waals surface area contributed by atoms with Gasteiger partial charge in [0.2, 0.25) is 0 Å². The summed E-state index contributed by atoms with van der Waals surface area (Å²) in [6.07, 6.45) is 2.84. The molecule has 1 N–H and O–H groups in total. The van der Waals surface area contributed by atoms with E-state index >= 15 is 0 Å². The molecule has 2 aromatic rings. The minimum absolute atomic E-state index is 0.564. The summed E-state index contributed by atoms with van der Waals surface area (Å²) in [5.41, 5.74) is 3.41. The number of nitrogens with one attached hydrogen (secondary N) is 1. The van der Waals surface area contributed by atoms with Crippen LogP contribution in [0.2, 0.25) is 0 Å². The molecule has 1 aliphatic heterocycles. The number of aromatic nitrogens is 3. The second-order valence-corrected chi connectivity index (χ2v) is 4.97. The molecule has 0 fully saturated rings. The number of H-pyrrole nitrogens is 1. The smallest absolute Gasteiger partial charge is 0.196 e. The maximum atomic E-state index is 5.08. The highest BCUT2D eigenvalue weighted by atomic mass is 32.1. The molecular weight excluding hydrogens is 248 g/mol. The number of aryl methyl sites for hydroxylation is 1. The van der Waals surface area contributed by atoms with E-state index in [-0.39, 0.29) is 0 Å². The minimum Gasteiger partial charge on any atom is -0.361 e. The summed E-state index contributed by atoms with van der Waals surface area (Å²) >= 11 is 5.03. The van der Waals surface area contributed by atoms with Crippen LogP contribution in [0.25, 0.3) is 0 Å². The molecule has 0 radical (unpaired) electrons. The Morgan fingerprint density at radius 2 is 2.44 bits per heavy atom. The Labute approximate surface area is 110 Å². The average Bonchev–Trinajstić information content (AvgIpc) is 2.75. The Hall–Kier alpha value is -1.53. The van der Waals surface area contributed by atoms with Gasteiger partial charge in [-0.15, -0.1) is 0 Å². The molecule has 6 heteroatoms. The lowest BCUT2D eigenvalue weighted by molar-refractivity contribution is 0.234. The second-order valence-electron chi connectivity index (χ2n) is 4.58. The highest BCUT2D eigenvalue weighted by Crippen LogP contribution is 2.17. The van der Waals surface area contributed by atoms with Crippen molar-refractivity contribution in [1.29, 1.82) is 0 Å². The van der Waals surface area contributed by atoms with Gasteiger partial charge in [-0.2, -0.15) is 0 Å². The normalized spacial score (nSPS) is 15.6. The molecular formula is C12H14N4OS. The summed E-state index contributed by atoms with van der Waals surface area (Å²) < 4.78 is 5.65. The first-order valence-electron chi connectivity index (χ1n) is 5.92. The van der Waals surface area contributed by atoms with Crippen LogP contribution in [0.15, 0.2) is 16.8 Å². The molecule has 94 valence electrons. The van der Waals surface area contributed by atoms with Gasteiger partial charge in [-0.25, -0.2) is 4.98 Å². The highest BCUT2D eigenvalue weighted by molar-refractivity contribution is 7.71. The third-order valence-electron chi connectivity index (χ3n) is 3.12. The minimum atomic E-state index is 0.564. The van der Waals surface area contributed by atoms with E-state index in [1.54, 1.807) is 0 Å². The Balaban J connectivity index is 1.75. The monoisotopic (exact) mass is 262 g/mol. The van der Waals surface area contributed by atoms with E-state index in [0.29, 0.717) is 4.77 Å². The molecule has 0 aromatic carbocycles. The zero-order chi connectivity index (χ0) is 12.5. The molecule has 0 spiro atoms. The summed E-state index contributed by atoms with van der Waals surface area (Å²) in [5, 5.41) is 4.02. The fourth-order valence-corrected chi connectivity index (χ4v) is 2.44. The number of nitrogens with zero attached hydrogens (tertiary/aromatic N) is 3. The van der Waals surface area contributed by atoms with Crippen molar-refractivity contribution in [1.82, 2.24) is 20.0 Å². The first-order chi connectivity index (χ1) is 8.70. The Morgan fingerprint density at radius 3 is 3.22 bits per heavy atom. The third kappa shape index (κ3) is 2.34. The van der Waals surface area contributed by atoms with Gasteiger partial charge in [0.05, 0.1) is 5.69 Å². The number of fused-ring (bicyclic) bond motifs is 1. The summed E-state index contributed by atoms with van der Waals surface area (Å²) in [4.78, 5) is 9.63. The zero-order valence-corrected chi connectivity index (χ0v) is 11.0. The molecule has 1 aliphatic rings. The molecule has 0 atom stereocenters. The predicted octanol–water partition coefficient (Wildman–Crippen LogP) is 1.99. The van der Waals surface area contributed by atoms with Gasteiger partial charge in [0, 0.05) is 49.6 Å². The molecule has 0 bridgehead atoms. The van der Waals surface area contributed by atoms with Crippen molar-refractivity contribution >= 4 is 12.2 Å². The van der Waals surface area contributed by atoms with Crippen LogP contribution in [0.1, 0.15) is 22.7 Å². The van der Waals surface area contributed by atoms with Crippen LogP contribution in [0.4, 0.5) is 0 Å². The van der Waals surface area contributed by atoms with Crippen LogP contribution < -0.4 is 0 Å². The molecule has 2 aromatic heterocycles. The Bertz CT molecular complexity index is 619. The third-order valence-corrected chi connectivity index (χ3v) is 3.32. The van der Waals surface area contributed by atoms with Crippen molar-refractivity contribution in [2.24, 2.45) is 0 Å². The van der Waals surface area contributed by atoms with Crippen LogP contribution >= 0.6 is 12.2 Å². The predicted molar refractivity (Wildman–Crippen MR) is 68.5 cm³/mol. The van der Waals surface area contributed by atoms with Crippen LogP contribution in [0.5, 0.6) is 0 Å². The van der Waals surface area contributed by atoms with Gasteiger partial charge in [-0.3, -0.25) is 4.90 Å². The van der Waals surface area contributed by atoms with Gasteiger partial charge in [0.15, 0.2) is 4.77 Å². The van der Waals surface area contributed by atoms with E-state index in [9.17, 15) is 0 Å². The lowest BCUT2D eigenvalue weighted by Gasteiger charge is -2.27. The van der Waals surface area contributed by atoms with Gasteiger partial charge in [0.1, 0.15) is 5.76 Å². The summed E-state index contributed by atoms with van der Waals surface area (Å²) in [5.74, 6) is 0.855. The molecule has 0 saturated carbocycles. The number of hydrogen-bond donors (Lipinski definition) is 1. The van der Waals surface area contributed by atoms with Crippen LogP contribution in [-0.2, 0) is 19.5 Å². The molecule has 0 unspecified atom stereocenters. The summed E-state index contributed by atoms with van der Waals surface area (Å²) in [6, 6.07) is 1.98. The van der Waals surface area contributed by atoms with E-state index in [1.807, 2.05) is 19.2 Å². The standard InChI is InChI=1S/C12H14N4OS/c1-8-4-10(15-17-8)7-16-3-2-11-9(6-16)5-13-12(18)14-11/h4-5H,2-3,6-7H2,1H3,(H,13,14,18). The first-order valence-corrected chi connectivity index (χ1v) is 6.33. The lowest BCUT2D eigenvalue weighted by Crippen LogP contribution is -2.30. The van der Waals surface area contributed by atoms with E-state index < -0.39 is 0 Å². The highest BCUT2D eigenvalue weighted by Gasteiger charge is 2.18. The molecule has 3 heterocycles. The SMILES string of the molecule is Cc1cc(CN2CCc3[nH]c(=S)ncc3C2)no1. The number of rotatable bonds is 2. The molecule has 5 nitrogen and oxygen atoms in total. The molecule has 3 rings (SSSR count). The van der Waals surface area contributed by atoms with Crippen LogP contribution in [0.3, 0.4) is 0 Å². The molecule has 0 saturated heterocycles. The average molecular weight is 262 g/mol. The maximum Gasteiger partial charge on any atom is 0.196 e. The summed E-state index contributed by atoms with van der Waals surface area (Å²) in [6.45, 7) is 4.59. The van der Waals surface area contributed by atoms with Gasteiger partial charge in [-0.05, 0) is 19.1 Å². The lowest BCUT2D eigenvalue weighted by atomic mass is 10.1. The van der Waals surface area contributed by atoms with E-state index in [4.69, 9.17) is 16.7 Å². The largest absolute Gasteiger partial charge is 0.361 e. The van der Waals surface area contributed by atoms with Gasteiger partial charge in [-0.1, -0.05) is 5.16 Å². The Morgan fingerprint density at radius 1 is 1.56 bits per heavy atom. The van der Waals surface area contributed by atoms with Gasteiger partial charge in [0.25, 0.3) is 0 Å². The maximum absolute atomic E-state index is 5.08. The van der Waals surface area contributed by atoms with E-state index in [0.717, 1.165) is 37.5 Å². The fraction of sp³-hybridized carbons (Fsp3) is 0.417. The number of aromatic amines is 1. The van der Waals surface area contributed by atoms with Crippen molar-refractivity contribution in [3.8, 4) is 0 Å². The van der Waals surface area contributed by atoms with Crippen molar-refractivity contribution in [2.75, 3.05) is 6.54 Å². The van der Waals surface area contributed by atoms with Crippen LogP contribution in [-0.4, -0.2) is 26.6 Å². The van der Waals surface area contributed by atoms with Crippen molar-refractivity contribution in [2.45, 2.75) is 26.4 Å². The van der Waals surface area contributed by atoms with Gasteiger partial charge < -0.3 is 9.51 Å². The molecule has 0 aliphatic carbocycles. The quantitative estimate of drug-likeness (QED) is 0.839. The van der Waals surface area contributed by atoms with Crippen molar-refractivity contribution in [3.05, 3.63) is 39.7 Å². The fourth-order valence-electron chi connectivity index (χ4n) is 2.26. The van der Waals surface area contributed by atoms with Crippen LogP contribution in [0, 0.1) is 11.7 Å². The zero-order valence-electron chi connectivity index (χ0n) is 10.1. The first kappa shape index (κ1) is 11.6. The van der Waals surface area contributed by atoms with Crippen molar-refractivity contribution in [3.63, 3.8) is 0 Å².